The SMILES string of the molecule is Fc1ccccc1OCc1nnc(SCc2cn3ccccc3n2)n1-c1ccccc1. The van der Waals surface area contributed by atoms with E-state index in [1.807, 2.05) is 69.9 Å². The Labute approximate surface area is 182 Å². The van der Waals surface area contributed by atoms with Gasteiger partial charge in [-0.3, -0.25) is 4.57 Å². The van der Waals surface area contributed by atoms with Crippen molar-refractivity contribution < 1.29 is 9.13 Å². The maximum Gasteiger partial charge on any atom is 0.196 e. The quantitative estimate of drug-likeness (QED) is 0.342. The van der Waals surface area contributed by atoms with E-state index in [4.69, 9.17) is 4.74 Å². The smallest absolute Gasteiger partial charge is 0.196 e. The molecule has 0 aliphatic rings. The van der Waals surface area contributed by atoms with Crippen LogP contribution in [0.3, 0.4) is 0 Å². The molecule has 154 valence electrons. The van der Waals surface area contributed by atoms with Gasteiger partial charge in [0.05, 0.1) is 5.69 Å². The summed E-state index contributed by atoms with van der Waals surface area (Å²) in [5, 5.41) is 9.39. The summed E-state index contributed by atoms with van der Waals surface area (Å²) in [4.78, 5) is 4.64. The van der Waals surface area contributed by atoms with Gasteiger partial charge in [0.15, 0.2) is 22.5 Å². The molecule has 0 fully saturated rings. The second kappa shape index (κ2) is 8.61. The maximum atomic E-state index is 13.9. The average molecular weight is 431 g/mol. The Morgan fingerprint density at radius 1 is 0.903 bits per heavy atom. The van der Waals surface area contributed by atoms with Gasteiger partial charge >= 0.3 is 0 Å². The summed E-state index contributed by atoms with van der Waals surface area (Å²) >= 11 is 1.54. The normalized spacial score (nSPS) is 11.1. The fourth-order valence-electron chi connectivity index (χ4n) is 3.22. The average Bonchev–Trinajstić information content (AvgIpc) is 3.41. The van der Waals surface area contributed by atoms with Crippen LogP contribution < -0.4 is 4.74 Å². The first-order chi connectivity index (χ1) is 15.3. The number of aromatic nitrogens is 5. The Balaban J connectivity index is 1.41. The number of pyridine rings is 1. The van der Waals surface area contributed by atoms with Crippen molar-refractivity contribution in [1.82, 2.24) is 24.1 Å². The summed E-state index contributed by atoms with van der Waals surface area (Å²) in [6.45, 7) is 0.0950. The number of imidazole rings is 1. The molecule has 0 saturated heterocycles. The van der Waals surface area contributed by atoms with Gasteiger partial charge in [0.2, 0.25) is 0 Å². The number of hydrogen-bond donors (Lipinski definition) is 0. The first-order valence-corrected chi connectivity index (χ1v) is 10.7. The first-order valence-electron chi connectivity index (χ1n) is 9.70. The Kier molecular flexibility index (Phi) is 5.37. The van der Waals surface area contributed by atoms with Crippen molar-refractivity contribution in [1.29, 1.82) is 0 Å². The lowest BCUT2D eigenvalue weighted by Crippen LogP contribution is -2.07. The second-order valence-electron chi connectivity index (χ2n) is 6.78. The van der Waals surface area contributed by atoms with Crippen molar-refractivity contribution in [3.63, 3.8) is 0 Å². The predicted molar refractivity (Wildman–Crippen MR) is 117 cm³/mol. The summed E-state index contributed by atoms with van der Waals surface area (Å²) in [6.07, 6.45) is 3.98. The van der Waals surface area contributed by atoms with E-state index in [0.29, 0.717) is 11.6 Å². The number of hydrogen-bond acceptors (Lipinski definition) is 5. The molecule has 3 aromatic heterocycles. The molecule has 0 unspecified atom stereocenters. The Bertz CT molecular complexity index is 1290. The van der Waals surface area contributed by atoms with Gasteiger partial charge in [0.25, 0.3) is 0 Å². The standard InChI is InChI=1S/C23H18FN5OS/c24-19-10-4-5-11-20(19)30-15-22-26-27-23(29(22)18-8-2-1-3-9-18)31-16-17-14-28-13-7-6-12-21(28)25-17/h1-14H,15-16H2. The van der Waals surface area contributed by atoms with Crippen molar-refractivity contribution in [2.24, 2.45) is 0 Å². The van der Waals surface area contributed by atoms with Gasteiger partial charge in [0.1, 0.15) is 12.3 Å². The minimum absolute atomic E-state index is 0.0950. The summed E-state index contributed by atoms with van der Waals surface area (Å²) in [5.41, 5.74) is 2.77. The van der Waals surface area contributed by atoms with E-state index >= 15 is 0 Å². The summed E-state index contributed by atoms with van der Waals surface area (Å²) in [6, 6.07) is 22.0. The minimum Gasteiger partial charge on any atom is -0.483 e. The Hall–Kier alpha value is -3.65. The summed E-state index contributed by atoms with van der Waals surface area (Å²) in [7, 11) is 0. The Morgan fingerprint density at radius 2 is 1.71 bits per heavy atom. The molecule has 0 aliphatic heterocycles. The van der Waals surface area contributed by atoms with Crippen molar-refractivity contribution >= 4 is 17.4 Å². The fraction of sp³-hybridized carbons (Fsp3) is 0.0870. The number of para-hydroxylation sites is 2. The highest BCUT2D eigenvalue weighted by Crippen LogP contribution is 2.26. The van der Waals surface area contributed by atoms with Gasteiger partial charge in [-0.05, 0) is 36.4 Å². The monoisotopic (exact) mass is 431 g/mol. The number of nitrogens with zero attached hydrogens (tertiary/aromatic N) is 5. The van der Waals surface area contributed by atoms with Crippen LogP contribution in [0.2, 0.25) is 0 Å². The zero-order valence-corrected chi connectivity index (χ0v) is 17.2. The van der Waals surface area contributed by atoms with Gasteiger partial charge in [0, 0.05) is 23.8 Å². The van der Waals surface area contributed by atoms with Crippen molar-refractivity contribution in [2.45, 2.75) is 17.5 Å². The fourth-order valence-corrected chi connectivity index (χ4v) is 4.08. The predicted octanol–water partition coefficient (Wildman–Crippen LogP) is 4.93. The molecular formula is C23H18FN5OS. The number of thioether (sulfide) groups is 1. The largest absolute Gasteiger partial charge is 0.483 e. The first kappa shape index (κ1) is 19.3. The van der Waals surface area contributed by atoms with E-state index in [2.05, 4.69) is 15.2 Å². The molecule has 0 radical (unpaired) electrons. The van der Waals surface area contributed by atoms with Crippen LogP contribution in [0.15, 0.2) is 90.3 Å². The van der Waals surface area contributed by atoms with Crippen LogP contribution in [-0.4, -0.2) is 24.1 Å². The highest BCUT2D eigenvalue weighted by molar-refractivity contribution is 7.98. The number of halogens is 1. The highest BCUT2D eigenvalue weighted by atomic mass is 32.2. The van der Waals surface area contributed by atoms with Crippen LogP contribution in [0.1, 0.15) is 11.5 Å². The van der Waals surface area contributed by atoms with Gasteiger partial charge in [-0.25, -0.2) is 9.37 Å². The molecule has 6 nitrogen and oxygen atoms in total. The third-order valence-corrected chi connectivity index (χ3v) is 5.63. The third-order valence-electron chi connectivity index (χ3n) is 4.67. The van der Waals surface area contributed by atoms with Crippen molar-refractivity contribution in [3.05, 3.63) is 103 Å². The van der Waals surface area contributed by atoms with Crippen molar-refractivity contribution in [2.75, 3.05) is 0 Å². The summed E-state index contributed by atoms with van der Waals surface area (Å²) in [5.74, 6) is 1.01. The van der Waals surface area contributed by atoms with Gasteiger partial charge in [-0.2, -0.15) is 0 Å². The molecule has 0 aliphatic carbocycles. The second-order valence-corrected chi connectivity index (χ2v) is 7.72. The molecule has 0 atom stereocenters. The summed E-state index contributed by atoms with van der Waals surface area (Å²) < 4.78 is 23.5. The molecule has 0 saturated carbocycles. The Morgan fingerprint density at radius 3 is 2.55 bits per heavy atom. The van der Waals surface area contributed by atoms with Crippen LogP contribution in [0.5, 0.6) is 5.75 Å². The molecule has 0 bridgehead atoms. The van der Waals surface area contributed by atoms with Crippen LogP contribution in [0, 0.1) is 5.82 Å². The lowest BCUT2D eigenvalue weighted by molar-refractivity contribution is 0.278. The molecule has 8 heteroatoms. The molecule has 3 heterocycles. The van der Waals surface area contributed by atoms with Crippen molar-refractivity contribution in [3.8, 4) is 11.4 Å². The lowest BCUT2D eigenvalue weighted by Gasteiger charge is -2.11. The van der Waals surface area contributed by atoms with Crippen LogP contribution in [0.25, 0.3) is 11.3 Å². The molecular weight excluding hydrogens is 413 g/mol. The molecule has 0 N–H and O–H groups in total. The van der Waals surface area contributed by atoms with Gasteiger partial charge in [-0.1, -0.05) is 48.2 Å². The zero-order chi connectivity index (χ0) is 21.0. The number of rotatable bonds is 7. The molecule has 31 heavy (non-hydrogen) atoms. The van der Waals surface area contributed by atoms with Crippen LogP contribution >= 0.6 is 11.8 Å². The number of benzene rings is 2. The lowest BCUT2D eigenvalue weighted by atomic mass is 10.3. The van der Waals surface area contributed by atoms with Gasteiger partial charge in [-0.15, -0.1) is 10.2 Å². The van der Waals surface area contributed by atoms with Gasteiger partial charge < -0.3 is 9.14 Å². The van der Waals surface area contributed by atoms with E-state index in [0.717, 1.165) is 22.2 Å². The molecule has 0 spiro atoms. The zero-order valence-electron chi connectivity index (χ0n) is 16.4. The molecule has 2 aromatic carbocycles. The van der Waals surface area contributed by atoms with Crippen LogP contribution in [-0.2, 0) is 12.4 Å². The minimum atomic E-state index is -0.408. The van der Waals surface area contributed by atoms with E-state index in [1.165, 1.54) is 17.8 Å². The number of ether oxygens (including phenoxy) is 1. The molecule has 5 aromatic rings. The number of fused-ring (bicyclic) bond motifs is 1. The van der Waals surface area contributed by atoms with E-state index < -0.39 is 5.82 Å². The van der Waals surface area contributed by atoms with Crippen LogP contribution in [0.4, 0.5) is 4.39 Å². The topological polar surface area (TPSA) is 57.2 Å². The highest BCUT2D eigenvalue weighted by Gasteiger charge is 2.16. The van der Waals surface area contributed by atoms with E-state index in [9.17, 15) is 4.39 Å². The third kappa shape index (κ3) is 4.15. The van der Waals surface area contributed by atoms with E-state index in [1.54, 1.807) is 18.2 Å². The molecule has 0 amide bonds. The molecule has 5 rings (SSSR count). The van der Waals surface area contributed by atoms with E-state index in [-0.39, 0.29) is 12.4 Å². The maximum absolute atomic E-state index is 13.9.